The van der Waals surface area contributed by atoms with E-state index in [-0.39, 0.29) is 11.8 Å². The van der Waals surface area contributed by atoms with Crippen LogP contribution in [0.3, 0.4) is 0 Å². The van der Waals surface area contributed by atoms with Crippen LogP contribution in [0.5, 0.6) is 5.75 Å². The highest BCUT2D eigenvalue weighted by Gasteiger charge is 2.37. The summed E-state index contributed by atoms with van der Waals surface area (Å²) < 4.78 is 7.07. The summed E-state index contributed by atoms with van der Waals surface area (Å²) in [4.78, 5) is 37.3. The van der Waals surface area contributed by atoms with Gasteiger partial charge in [-0.15, -0.1) is 0 Å². The van der Waals surface area contributed by atoms with Gasteiger partial charge < -0.3 is 19.4 Å². The van der Waals surface area contributed by atoms with E-state index in [0.717, 1.165) is 58.9 Å². The highest BCUT2D eigenvalue weighted by atomic mass is 16.5. The van der Waals surface area contributed by atoms with Gasteiger partial charge in [0, 0.05) is 62.7 Å². The highest BCUT2D eigenvalue weighted by Crippen LogP contribution is 2.27. The number of methoxy groups -OCH3 is 1. The van der Waals surface area contributed by atoms with Gasteiger partial charge in [0.15, 0.2) is 5.82 Å². The summed E-state index contributed by atoms with van der Waals surface area (Å²) in [6, 6.07) is 13.8. The second-order valence-electron chi connectivity index (χ2n) is 9.98. The molecule has 11 nitrogen and oxygen atoms in total. The third-order valence-corrected chi connectivity index (χ3v) is 7.37. The van der Waals surface area contributed by atoms with Gasteiger partial charge in [-0.25, -0.2) is 24.6 Å². The molecule has 2 fully saturated rings. The maximum Gasteiger partial charge on any atom is 0.229 e. The Labute approximate surface area is 227 Å². The minimum Gasteiger partial charge on any atom is -0.497 e. The fourth-order valence-electron chi connectivity index (χ4n) is 5.16. The SMILES string of the molecule is COc1ccc(-c2cc(N3CCN(C(=O)C4CN(c5cc(-n6nc(C)cc6C)ncn5)C4)CC3)ncn2)cc1. The van der Waals surface area contributed by atoms with Crippen LogP contribution >= 0.6 is 0 Å². The summed E-state index contributed by atoms with van der Waals surface area (Å²) in [5, 5.41) is 4.51. The number of carbonyl (C=O) groups excluding carboxylic acids is 1. The average Bonchev–Trinajstić information content (AvgIpc) is 3.30. The first-order chi connectivity index (χ1) is 19.0. The number of anilines is 2. The van der Waals surface area contributed by atoms with Crippen LogP contribution in [0.2, 0.25) is 0 Å². The van der Waals surface area contributed by atoms with Crippen LogP contribution in [0.15, 0.2) is 55.1 Å². The number of aromatic nitrogens is 6. The molecule has 0 unspecified atom stereocenters. The van der Waals surface area contributed by atoms with Crippen LogP contribution < -0.4 is 14.5 Å². The van der Waals surface area contributed by atoms with E-state index in [4.69, 9.17) is 4.74 Å². The van der Waals surface area contributed by atoms with Gasteiger partial charge in [-0.05, 0) is 44.2 Å². The van der Waals surface area contributed by atoms with Crippen molar-refractivity contribution in [3.8, 4) is 22.8 Å². The van der Waals surface area contributed by atoms with Gasteiger partial charge >= 0.3 is 0 Å². The van der Waals surface area contributed by atoms with Gasteiger partial charge in [0.05, 0.1) is 24.4 Å². The van der Waals surface area contributed by atoms with Crippen molar-refractivity contribution in [2.75, 3.05) is 56.2 Å². The third kappa shape index (κ3) is 4.99. The van der Waals surface area contributed by atoms with E-state index >= 15 is 0 Å². The van der Waals surface area contributed by atoms with Crippen molar-refractivity contribution < 1.29 is 9.53 Å². The molecular formula is C28H31N9O2. The molecule has 0 atom stereocenters. The minimum absolute atomic E-state index is 0.0237. The Morgan fingerprint density at radius 2 is 1.49 bits per heavy atom. The smallest absolute Gasteiger partial charge is 0.229 e. The summed E-state index contributed by atoms with van der Waals surface area (Å²) >= 11 is 0. The molecule has 0 saturated carbocycles. The molecule has 200 valence electrons. The first kappa shape index (κ1) is 24.8. The van der Waals surface area contributed by atoms with Gasteiger partial charge in [0.2, 0.25) is 5.91 Å². The van der Waals surface area contributed by atoms with Crippen LogP contribution in [0, 0.1) is 19.8 Å². The van der Waals surface area contributed by atoms with E-state index in [1.807, 2.05) is 65.9 Å². The Morgan fingerprint density at radius 1 is 0.821 bits per heavy atom. The fraction of sp³-hybridized carbons (Fsp3) is 0.357. The number of rotatable bonds is 6. The van der Waals surface area contributed by atoms with Crippen LogP contribution in [0.4, 0.5) is 11.6 Å². The molecule has 39 heavy (non-hydrogen) atoms. The molecule has 6 rings (SSSR count). The molecule has 11 heteroatoms. The Morgan fingerprint density at radius 3 is 2.15 bits per heavy atom. The molecule has 4 aromatic rings. The zero-order valence-electron chi connectivity index (χ0n) is 22.4. The molecular weight excluding hydrogens is 494 g/mol. The zero-order chi connectivity index (χ0) is 26.9. The number of piperazine rings is 1. The minimum atomic E-state index is -0.0237. The summed E-state index contributed by atoms with van der Waals surface area (Å²) in [5.74, 6) is 3.42. The Bertz CT molecular complexity index is 1470. The van der Waals surface area contributed by atoms with E-state index in [1.54, 1.807) is 19.8 Å². The maximum atomic E-state index is 13.2. The van der Waals surface area contributed by atoms with Crippen LogP contribution in [0.1, 0.15) is 11.4 Å². The zero-order valence-corrected chi connectivity index (χ0v) is 22.4. The van der Waals surface area contributed by atoms with Crippen molar-refractivity contribution in [3.63, 3.8) is 0 Å². The van der Waals surface area contributed by atoms with Gasteiger partial charge in [-0.3, -0.25) is 4.79 Å². The van der Waals surface area contributed by atoms with E-state index < -0.39 is 0 Å². The molecule has 0 N–H and O–H groups in total. The predicted molar refractivity (Wildman–Crippen MR) is 147 cm³/mol. The lowest BCUT2D eigenvalue weighted by Gasteiger charge is -2.43. The molecule has 0 bridgehead atoms. The molecule has 2 saturated heterocycles. The largest absolute Gasteiger partial charge is 0.497 e. The molecule has 1 aromatic carbocycles. The van der Waals surface area contributed by atoms with Crippen molar-refractivity contribution in [2.24, 2.45) is 5.92 Å². The fourth-order valence-corrected chi connectivity index (χ4v) is 5.16. The molecule has 3 aromatic heterocycles. The lowest BCUT2D eigenvalue weighted by atomic mass is 9.98. The van der Waals surface area contributed by atoms with Gasteiger partial charge in [0.25, 0.3) is 0 Å². The Kier molecular flexibility index (Phi) is 6.55. The Balaban J connectivity index is 1.04. The van der Waals surface area contributed by atoms with Gasteiger partial charge in [-0.2, -0.15) is 5.10 Å². The van der Waals surface area contributed by atoms with Crippen LogP contribution in [-0.2, 0) is 4.79 Å². The molecule has 0 aliphatic carbocycles. The molecule has 2 aliphatic rings. The van der Waals surface area contributed by atoms with E-state index in [0.29, 0.717) is 26.2 Å². The van der Waals surface area contributed by atoms with E-state index in [2.05, 4.69) is 34.8 Å². The molecule has 1 amide bonds. The average molecular weight is 526 g/mol. The summed E-state index contributed by atoms with van der Waals surface area (Å²) in [6.45, 7) is 8.10. The number of ether oxygens (including phenoxy) is 1. The number of hydrogen-bond donors (Lipinski definition) is 0. The third-order valence-electron chi connectivity index (χ3n) is 7.37. The first-order valence-electron chi connectivity index (χ1n) is 13.1. The van der Waals surface area contributed by atoms with Crippen LogP contribution in [0.25, 0.3) is 17.1 Å². The van der Waals surface area contributed by atoms with Gasteiger partial charge in [0.1, 0.15) is 30.0 Å². The number of aryl methyl sites for hydroxylation is 2. The maximum absolute atomic E-state index is 13.2. The molecule has 5 heterocycles. The van der Waals surface area contributed by atoms with E-state index in [9.17, 15) is 4.79 Å². The first-order valence-corrected chi connectivity index (χ1v) is 13.1. The standard InChI is InChI=1S/C28H31N9O2/c1-19-12-20(2)37(33-19)27-14-26(31-18-32-27)36-15-22(16-36)28(38)35-10-8-34(9-11-35)25-13-24(29-17-30-25)21-4-6-23(39-3)7-5-21/h4-7,12-14,17-18,22H,8-11,15-16H2,1-3H3. The predicted octanol–water partition coefficient (Wildman–Crippen LogP) is 2.53. The quantitative estimate of drug-likeness (QED) is 0.375. The summed E-state index contributed by atoms with van der Waals surface area (Å²) in [7, 11) is 1.65. The van der Waals surface area contributed by atoms with Crippen molar-refractivity contribution in [1.29, 1.82) is 0 Å². The number of nitrogens with zero attached hydrogens (tertiary/aromatic N) is 9. The number of amides is 1. The van der Waals surface area contributed by atoms with Crippen molar-refractivity contribution in [3.05, 3.63) is 66.5 Å². The topological polar surface area (TPSA) is 105 Å². The highest BCUT2D eigenvalue weighted by molar-refractivity contribution is 5.82. The number of carbonyl (C=O) groups is 1. The van der Waals surface area contributed by atoms with Crippen molar-refractivity contribution in [2.45, 2.75) is 13.8 Å². The lowest BCUT2D eigenvalue weighted by molar-refractivity contribution is -0.136. The van der Waals surface area contributed by atoms with Gasteiger partial charge in [-0.1, -0.05) is 0 Å². The number of hydrogen-bond acceptors (Lipinski definition) is 9. The molecule has 2 aliphatic heterocycles. The molecule has 0 spiro atoms. The monoisotopic (exact) mass is 525 g/mol. The Hall–Kier alpha value is -4.54. The van der Waals surface area contributed by atoms with E-state index in [1.165, 1.54) is 0 Å². The second kappa shape index (κ2) is 10.3. The lowest BCUT2D eigenvalue weighted by Crippen LogP contribution is -2.58. The second-order valence-corrected chi connectivity index (χ2v) is 9.98. The summed E-state index contributed by atoms with van der Waals surface area (Å²) in [5.41, 5.74) is 3.83. The molecule has 0 radical (unpaired) electrons. The van der Waals surface area contributed by atoms with Crippen molar-refractivity contribution >= 4 is 17.5 Å². The van der Waals surface area contributed by atoms with Crippen LogP contribution in [-0.4, -0.2) is 86.9 Å². The normalized spacial score (nSPS) is 15.8. The van der Waals surface area contributed by atoms with Crippen molar-refractivity contribution in [1.82, 2.24) is 34.6 Å². The summed E-state index contributed by atoms with van der Waals surface area (Å²) in [6.07, 6.45) is 3.16. The number of benzene rings is 1.